The molecule has 1 saturated carbocycles. The standard InChI is InChI=1S/C23H34N5O14P3/c29-19-11-21(40-20(19)15-39-44(35,36)42-45(37,38)41-43(32,33)34)28-13-17(22(30)24-23(28)31)9-3-1-2-4-10-18-14-27(26-25-18)12-16-7-5-6-8-16/h13-14,16,19-21,29H,1-2,4-8,10-12,15H2,(H,35,36)(H,37,38)(H,24,30,31)(H2,32,33,34)/t19?,20-,21-/m1/s1. The van der Waals surface area contributed by atoms with E-state index < -0.39 is 59.8 Å². The molecule has 3 heterocycles. The predicted molar refractivity (Wildman–Crippen MR) is 152 cm³/mol. The van der Waals surface area contributed by atoms with Crippen LogP contribution in [-0.2, 0) is 44.5 Å². The minimum Gasteiger partial charge on any atom is -0.390 e. The first-order valence-electron chi connectivity index (χ1n) is 13.9. The van der Waals surface area contributed by atoms with Crippen molar-refractivity contribution >= 4 is 23.5 Å². The van der Waals surface area contributed by atoms with Crippen LogP contribution in [0.15, 0.2) is 22.0 Å². The van der Waals surface area contributed by atoms with Crippen LogP contribution in [0.25, 0.3) is 0 Å². The van der Waals surface area contributed by atoms with Crippen molar-refractivity contribution in [1.29, 1.82) is 0 Å². The number of phosphoric acid groups is 3. The molecule has 1 aliphatic heterocycles. The van der Waals surface area contributed by atoms with Gasteiger partial charge in [-0.15, -0.1) is 5.10 Å². The first-order chi connectivity index (χ1) is 21.1. The third-order valence-electron chi connectivity index (χ3n) is 7.01. The van der Waals surface area contributed by atoms with E-state index in [9.17, 15) is 38.2 Å². The van der Waals surface area contributed by atoms with Gasteiger partial charge in [-0.1, -0.05) is 29.9 Å². The van der Waals surface area contributed by atoms with Crippen LogP contribution in [-0.4, -0.2) is 68.0 Å². The Balaban J connectivity index is 1.27. The normalized spacial score (nSPS) is 23.4. The molecule has 3 unspecified atom stereocenters. The predicted octanol–water partition coefficient (Wildman–Crippen LogP) is 1.07. The number of hydrogen-bond donors (Lipinski definition) is 6. The van der Waals surface area contributed by atoms with Crippen LogP contribution in [0, 0.1) is 17.8 Å². The molecule has 0 amide bonds. The average Bonchev–Trinajstić information content (AvgIpc) is 3.66. The fourth-order valence-corrected chi connectivity index (χ4v) is 8.00. The lowest BCUT2D eigenvalue weighted by Crippen LogP contribution is -2.33. The van der Waals surface area contributed by atoms with Gasteiger partial charge in [-0.3, -0.25) is 23.6 Å². The van der Waals surface area contributed by atoms with Crippen LogP contribution in [0.2, 0.25) is 0 Å². The SMILES string of the molecule is O=c1[nH]c(=O)n([C@H]2CC(O)[C@@H](COP(=O)(O)OP(=O)(O)OP(=O)(O)O)O2)cc1C#CCCCCc1cn(CC2CCCC2)nn1. The number of aliphatic hydroxyl groups excluding tert-OH is 1. The van der Waals surface area contributed by atoms with E-state index >= 15 is 0 Å². The highest BCUT2D eigenvalue weighted by atomic mass is 31.3. The minimum absolute atomic E-state index is 0.0424. The number of nitrogens with one attached hydrogen (secondary N) is 1. The van der Waals surface area contributed by atoms with Crippen molar-refractivity contribution in [2.45, 2.75) is 82.8 Å². The number of aromatic nitrogens is 5. The van der Waals surface area contributed by atoms with Gasteiger partial charge in [0, 0.05) is 31.8 Å². The summed E-state index contributed by atoms with van der Waals surface area (Å²) in [6, 6.07) is 0. The van der Waals surface area contributed by atoms with E-state index in [0.717, 1.165) is 42.3 Å². The highest BCUT2D eigenvalue weighted by Gasteiger charge is 2.43. The highest BCUT2D eigenvalue weighted by molar-refractivity contribution is 7.66. The number of H-pyrrole nitrogens is 1. The summed E-state index contributed by atoms with van der Waals surface area (Å²) in [4.78, 5) is 62.9. The molecule has 250 valence electrons. The van der Waals surface area contributed by atoms with E-state index in [2.05, 4.69) is 40.3 Å². The number of hydrogen-bond acceptors (Lipinski definition) is 12. The largest absolute Gasteiger partial charge is 0.490 e. The smallest absolute Gasteiger partial charge is 0.390 e. The lowest BCUT2D eigenvalue weighted by molar-refractivity contribution is -0.0450. The summed E-state index contributed by atoms with van der Waals surface area (Å²) in [7, 11) is -16.7. The molecule has 0 aromatic carbocycles. The number of ether oxygens (including phenoxy) is 1. The van der Waals surface area contributed by atoms with Crippen molar-refractivity contribution in [2.24, 2.45) is 5.92 Å². The summed E-state index contributed by atoms with van der Waals surface area (Å²) in [6.07, 6.45) is 6.73. The van der Waals surface area contributed by atoms with Crippen LogP contribution >= 0.6 is 23.5 Å². The third-order valence-corrected chi connectivity index (χ3v) is 10.8. The van der Waals surface area contributed by atoms with Gasteiger partial charge >= 0.3 is 29.2 Å². The Morgan fingerprint density at radius 3 is 2.49 bits per heavy atom. The van der Waals surface area contributed by atoms with Gasteiger partial charge in [-0.2, -0.15) is 8.62 Å². The van der Waals surface area contributed by atoms with Crippen molar-refractivity contribution in [2.75, 3.05) is 6.61 Å². The number of aromatic amines is 1. The van der Waals surface area contributed by atoms with Gasteiger partial charge in [-0.05, 0) is 38.0 Å². The zero-order valence-corrected chi connectivity index (χ0v) is 26.5. The molecule has 0 spiro atoms. The molecule has 2 fully saturated rings. The van der Waals surface area contributed by atoms with Crippen molar-refractivity contribution in [1.82, 2.24) is 24.5 Å². The summed E-state index contributed by atoms with van der Waals surface area (Å²) in [5, 5.41) is 18.8. The molecule has 0 bridgehead atoms. The first-order valence-corrected chi connectivity index (χ1v) is 18.5. The molecule has 2 aromatic rings. The molecule has 1 saturated heterocycles. The van der Waals surface area contributed by atoms with Crippen LogP contribution < -0.4 is 11.2 Å². The summed E-state index contributed by atoms with van der Waals surface area (Å²) in [5.74, 6) is 6.28. The van der Waals surface area contributed by atoms with Gasteiger partial charge in [0.1, 0.15) is 17.9 Å². The average molecular weight is 697 g/mol. The summed E-state index contributed by atoms with van der Waals surface area (Å²) >= 11 is 0. The van der Waals surface area contributed by atoms with Crippen LogP contribution in [0.4, 0.5) is 0 Å². The quantitative estimate of drug-likeness (QED) is 0.0915. The lowest BCUT2D eigenvalue weighted by Gasteiger charge is -2.19. The highest BCUT2D eigenvalue weighted by Crippen LogP contribution is 2.66. The van der Waals surface area contributed by atoms with E-state index in [1.165, 1.54) is 25.7 Å². The molecular formula is C23H34N5O14P3. The van der Waals surface area contributed by atoms with Crippen LogP contribution in [0.1, 0.15) is 68.9 Å². The third kappa shape index (κ3) is 11.2. The molecule has 19 nitrogen and oxygen atoms in total. The van der Waals surface area contributed by atoms with Gasteiger partial charge < -0.3 is 29.4 Å². The van der Waals surface area contributed by atoms with Gasteiger partial charge in [0.2, 0.25) is 0 Å². The summed E-state index contributed by atoms with van der Waals surface area (Å²) in [6.45, 7) is -0.0222. The lowest BCUT2D eigenvalue weighted by atomic mass is 10.1. The zero-order chi connectivity index (χ0) is 32.8. The molecule has 2 aliphatic rings. The minimum atomic E-state index is -5.73. The molecule has 22 heteroatoms. The second-order valence-corrected chi connectivity index (χ2v) is 15.0. The van der Waals surface area contributed by atoms with Gasteiger partial charge in [-0.25, -0.2) is 18.5 Å². The molecule has 0 radical (unpaired) electrons. The van der Waals surface area contributed by atoms with E-state index in [1.54, 1.807) is 0 Å². The Kier molecular flexibility index (Phi) is 11.9. The van der Waals surface area contributed by atoms with Gasteiger partial charge in [0.15, 0.2) is 0 Å². The second-order valence-electron chi connectivity index (χ2n) is 10.6. The van der Waals surface area contributed by atoms with Crippen LogP contribution in [0.3, 0.4) is 0 Å². The Morgan fingerprint density at radius 1 is 1.04 bits per heavy atom. The maximum atomic E-state index is 12.4. The Morgan fingerprint density at radius 2 is 1.78 bits per heavy atom. The molecule has 6 N–H and O–H groups in total. The Bertz CT molecular complexity index is 1650. The summed E-state index contributed by atoms with van der Waals surface area (Å²) < 4.78 is 54.3. The number of aliphatic hydroxyl groups is 1. The van der Waals surface area contributed by atoms with Crippen molar-refractivity contribution < 1.29 is 56.3 Å². The van der Waals surface area contributed by atoms with Crippen molar-refractivity contribution in [3.63, 3.8) is 0 Å². The van der Waals surface area contributed by atoms with Gasteiger partial charge in [0.05, 0.1) is 18.4 Å². The molecule has 2 aromatic heterocycles. The fraction of sp³-hybridized carbons (Fsp3) is 0.652. The number of nitrogens with zero attached hydrogens (tertiary/aromatic N) is 4. The number of rotatable bonds is 14. The Labute approximate surface area is 256 Å². The number of aryl methyl sites for hydroxylation is 1. The Hall–Kier alpha value is -2.29. The van der Waals surface area contributed by atoms with E-state index in [0.29, 0.717) is 12.3 Å². The van der Waals surface area contributed by atoms with Gasteiger partial charge in [0.25, 0.3) is 5.56 Å². The molecular weight excluding hydrogens is 663 g/mol. The maximum Gasteiger partial charge on any atom is 0.490 e. The zero-order valence-electron chi connectivity index (χ0n) is 23.8. The molecule has 4 rings (SSSR count). The first kappa shape index (κ1) is 35.6. The molecule has 45 heavy (non-hydrogen) atoms. The van der Waals surface area contributed by atoms with E-state index in [1.807, 2.05) is 10.9 Å². The topological polar surface area (TPSA) is 275 Å². The van der Waals surface area contributed by atoms with Crippen molar-refractivity contribution in [3.05, 3.63) is 44.5 Å². The monoisotopic (exact) mass is 697 g/mol. The fourth-order valence-electron chi connectivity index (χ4n) is 4.97. The molecule has 1 aliphatic carbocycles. The van der Waals surface area contributed by atoms with Crippen molar-refractivity contribution in [3.8, 4) is 11.8 Å². The van der Waals surface area contributed by atoms with E-state index in [-0.39, 0.29) is 12.0 Å². The van der Waals surface area contributed by atoms with Crippen LogP contribution in [0.5, 0.6) is 0 Å². The number of unbranched alkanes of at least 4 members (excludes halogenated alkanes) is 2. The molecule has 5 atom stereocenters. The summed E-state index contributed by atoms with van der Waals surface area (Å²) in [5.41, 5.74) is -0.745. The second kappa shape index (κ2) is 15.1. The number of phosphoric ester groups is 1. The van der Waals surface area contributed by atoms with E-state index in [4.69, 9.17) is 14.5 Å². The maximum absolute atomic E-state index is 12.4.